The van der Waals surface area contributed by atoms with Crippen molar-refractivity contribution in [2.45, 2.75) is 26.5 Å². The predicted molar refractivity (Wildman–Crippen MR) is 124 cm³/mol. The van der Waals surface area contributed by atoms with Crippen LogP contribution in [0.2, 0.25) is 0 Å². The van der Waals surface area contributed by atoms with Crippen molar-refractivity contribution in [1.29, 1.82) is 0 Å². The van der Waals surface area contributed by atoms with E-state index in [2.05, 4.69) is 20.6 Å². The highest BCUT2D eigenvalue weighted by Gasteiger charge is 2.15. The lowest BCUT2D eigenvalue weighted by Gasteiger charge is -2.20. The number of anilines is 1. The zero-order valence-electron chi connectivity index (χ0n) is 18.4. The predicted octanol–water partition coefficient (Wildman–Crippen LogP) is 2.71. The van der Waals surface area contributed by atoms with Crippen LogP contribution in [0.3, 0.4) is 0 Å². The molecule has 0 spiro atoms. The number of aromatic amines is 1. The molecule has 3 rings (SSSR count). The van der Waals surface area contributed by atoms with Crippen molar-refractivity contribution in [2.75, 3.05) is 18.4 Å². The van der Waals surface area contributed by atoms with Crippen LogP contribution >= 0.6 is 0 Å². The second kappa shape index (κ2) is 12.0. The van der Waals surface area contributed by atoms with Crippen LogP contribution in [0.4, 0.5) is 5.69 Å². The first-order valence-electron chi connectivity index (χ1n) is 10.6. The number of imidazole rings is 1. The van der Waals surface area contributed by atoms with Gasteiger partial charge in [-0.1, -0.05) is 19.1 Å². The van der Waals surface area contributed by atoms with E-state index in [4.69, 9.17) is 4.74 Å². The molecule has 0 saturated carbocycles. The lowest BCUT2D eigenvalue weighted by Crippen LogP contribution is -2.38. The van der Waals surface area contributed by atoms with Gasteiger partial charge < -0.3 is 25.3 Å². The van der Waals surface area contributed by atoms with Gasteiger partial charge in [0.05, 0.1) is 25.0 Å². The van der Waals surface area contributed by atoms with Gasteiger partial charge in [-0.05, 0) is 53.9 Å². The van der Waals surface area contributed by atoms with Crippen molar-refractivity contribution in [3.8, 4) is 17.0 Å². The number of amides is 3. The molecule has 1 heterocycles. The molecular formula is C24H27N5O4. The molecule has 3 N–H and O–H groups in total. The lowest BCUT2D eigenvalue weighted by molar-refractivity contribution is -0.132. The van der Waals surface area contributed by atoms with Crippen LogP contribution in [0, 0.1) is 0 Å². The average Bonchev–Trinajstić information content (AvgIpc) is 3.31. The summed E-state index contributed by atoms with van der Waals surface area (Å²) in [6, 6.07) is 15.1. The zero-order chi connectivity index (χ0) is 23.5. The Balaban J connectivity index is 1.57. The van der Waals surface area contributed by atoms with Crippen LogP contribution in [-0.4, -0.2) is 46.7 Å². The summed E-state index contributed by atoms with van der Waals surface area (Å²) in [6.45, 7) is 3.30. The highest BCUT2D eigenvalue weighted by molar-refractivity contribution is 5.80. The lowest BCUT2D eigenvalue weighted by atomic mass is 10.1. The fourth-order valence-electron chi connectivity index (χ4n) is 3.24. The number of hydrogen-bond acceptors (Lipinski definition) is 5. The highest BCUT2D eigenvalue weighted by Crippen LogP contribution is 2.22. The van der Waals surface area contributed by atoms with Gasteiger partial charge in [0.1, 0.15) is 18.2 Å². The molecule has 0 aliphatic rings. The van der Waals surface area contributed by atoms with Gasteiger partial charge >= 0.3 is 0 Å². The number of rotatable bonds is 13. The summed E-state index contributed by atoms with van der Waals surface area (Å²) in [6.07, 6.45) is 3.70. The Morgan fingerprint density at radius 1 is 1.09 bits per heavy atom. The van der Waals surface area contributed by atoms with Gasteiger partial charge in [-0.15, -0.1) is 0 Å². The number of hydrogen-bond donors (Lipinski definition) is 3. The summed E-state index contributed by atoms with van der Waals surface area (Å²) in [5.41, 5.74) is 3.51. The Bertz CT molecular complexity index is 1050. The van der Waals surface area contributed by atoms with Crippen molar-refractivity contribution in [2.24, 2.45) is 0 Å². The first kappa shape index (κ1) is 23.5. The summed E-state index contributed by atoms with van der Waals surface area (Å²) < 4.78 is 5.84. The third-order valence-electron chi connectivity index (χ3n) is 4.90. The summed E-state index contributed by atoms with van der Waals surface area (Å²) in [4.78, 5) is 42.5. The summed E-state index contributed by atoms with van der Waals surface area (Å²) in [5.74, 6) is 1.25. The van der Waals surface area contributed by atoms with E-state index in [0.29, 0.717) is 38.3 Å². The monoisotopic (exact) mass is 449 g/mol. The van der Waals surface area contributed by atoms with Gasteiger partial charge in [0, 0.05) is 12.2 Å². The molecule has 0 bridgehead atoms. The fourth-order valence-corrected chi connectivity index (χ4v) is 3.24. The van der Waals surface area contributed by atoms with E-state index in [1.807, 2.05) is 55.5 Å². The van der Waals surface area contributed by atoms with E-state index in [0.717, 1.165) is 34.7 Å². The first-order chi connectivity index (χ1) is 16.1. The van der Waals surface area contributed by atoms with Crippen LogP contribution in [0.5, 0.6) is 5.75 Å². The quantitative estimate of drug-likeness (QED) is 0.347. The number of nitrogens with one attached hydrogen (secondary N) is 3. The molecular weight excluding hydrogens is 422 g/mol. The molecule has 9 nitrogen and oxygen atoms in total. The van der Waals surface area contributed by atoms with Gasteiger partial charge in [0.2, 0.25) is 18.7 Å². The number of benzene rings is 2. The Hall–Kier alpha value is -4.14. The molecule has 2 aromatic carbocycles. The minimum atomic E-state index is -0.155. The van der Waals surface area contributed by atoms with E-state index in [9.17, 15) is 14.4 Å². The number of H-pyrrole nitrogens is 1. The molecule has 172 valence electrons. The van der Waals surface area contributed by atoms with Crippen LogP contribution in [0.25, 0.3) is 11.3 Å². The van der Waals surface area contributed by atoms with Crippen molar-refractivity contribution >= 4 is 24.4 Å². The highest BCUT2D eigenvalue weighted by atomic mass is 16.5. The van der Waals surface area contributed by atoms with Crippen LogP contribution in [-0.2, 0) is 27.5 Å². The minimum Gasteiger partial charge on any atom is -0.489 e. The van der Waals surface area contributed by atoms with E-state index in [1.165, 1.54) is 0 Å². The van der Waals surface area contributed by atoms with Crippen molar-refractivity contribution in [1.82, 2.24) is 20.2 Å². The normalized spacial score (nSPS) is 10.3. The van der Waals surface area contributed by atoms with E-state index < -0.39 is 0 Å². The second-order valence-corrected chi connectivity index (χ2v) is 7.33. The third-order valence-corrected chi connectivity index (χ3v) is 4.90. The van der Waals surface area contributed by atoms with Crippen LogP contribution in [0.15, 0.2) is 54.7 Å². The van der Waals surface area contributed by atoms with Gasteiger partial charge in [0.25, 0.3) is 0 Å². The molecule has 3 amide bonds. The molecule has 0 aliphatic heterocycles. The van der Waals surface area contributed by atoms with E-state index >= 15 is 0 Å². The molecule has 0 atom stereocenters. The van der Waals surface area contributed by atoms with Crippen LogP contribution < -0.4 is 15.4 Å². The van der Waals surface area contributed by atoms with Crippen molar-refractivity contribution in [3.63, 3.8) is 0 Å². The maximum atomic E-state index is 12.3. The zero-order valence-corrected chi connectivity index (χ0v) is 18.4. The first-order valence-corrected chi connectivity index (χ1v) is 10.6. The molecule has 1 aromatic heterocycles. The number of carbonyl (C=O) groups is 3. The number of ether oxygens (including phenoxy) is 1. The smallest absolute Gasteiger partial charge is 0.242 e. The topological polar surface area (TPSA) is 116 Å². The molecule has 0 aliphatic carbocycles. The summed E-state index contributed by atoms with van der Waals surface area (Å²) in [5, 5.41) is 5.01. The van der Waals surface area contributed by atoms with Gasteiger partial charge in [0.15, 0.2) is 0 Å². The third kappa shape index (κ3) is 6.93. The molecule has 0 unspecified atom stereocenters. The summed E-state index contributed by atoms with van der Waals surface area (Å²) in [7, 11) is 0. The summed E-state index contributed by atoms with van der Waals surface area (Å²) >= 11 is 0. The largest absolute Gasteiger partial charge is 0.489 e. The van der Waals surface area contributed by atoms with Gasteiger partial charge in [-0.3, -0.25) is 14.4 Å². The van der Waals surface area contributed by atoms with E-state index in [-0.39, 0.29) is 12.5 Å². The van der Waals surface area contributed by atoms with Gasteiger partial charge in [-0.2, -0.15) is 0 Å². The maximum absolute atomic E-state index is 12.3. The molecule has 3 aromatic rings. The number of aromatic nitrogens is 2. The van der Waals surface area contributed by atoms with Crippen molar-refractivity contribution in [3.05, 3.63) is 66.1 Å². The second-order valence-electron chi connectivity index (χ2n) is 7.33. The molecule has 9 heteroatoms. The molecule has 0 radical (unpaired) electrons. The molecule has 0 fully saturated rings. The molecule has 33 heavy (non-hydrogen) atoms. The minimum absolute atomic E-state index is 0.0295. The molecule has 0 saturated heterocycles. The average molecular weight is 450 g/mol. The Morgan fingerprint density at radius 3 is 2.52 bits per heavy atom. The Labute approximate surface area is 192 Å². The number of carbonyl (C=O) groups excluding carboxylic acids is 3. The van der Waals surface area contributed by atoms with E-state index in [1.54, 1.807) is 11.1 Å². The Morgan fingerprint density at radius 2 is 1.85 bits per heavy atom. The SMILES string of the molecule is CCCN(Cc1ncc(-c2ccc(OCc3ccc(NC=O)cc3)cc2)[nH]1)C(=O)CNC=O. The van der Waals surface area contributed by atoms with Crippen LogP contribution in [0.1, 0.15) is 24.7 Å². The van der Waals surface area contributed by atoms with Gasteiger partial charge in [-0.25, -0.2) is 4.98 Å². The standard InChI is InChI=1S/C24H27N5O4/c1-2-11-29(24(32)13-25-16-30)14-23-26-12-22(28-23)19-5-9-21(10-6-19)33-15-18-3-7-20(8-4-18)27-17-31/h3-10,12,16-17H,2,11,13-15H2,1H3,(H,25,30)(H,26,28)(H,27,31). The fraction of sp³-hybridized carbons (Fsp3) is 0.250. The van der Waals surface area contributed by atoms with Crippen molar-refractivity contribution < 1.29 is 19.1 Å². The maximum Gasteiger partial charge on any atom is 0.242 e. The number of nitrogens with zero attached hydrogens (tertiary/aromatic N) is 2. The Kier molecular flexibility index (Phi) is 8.58.